The van der Waals surface area contributed by atoms with Crippen LogP contribution in [0.25, 0.3) is 0 Å². The SMILES string of the molecule is CCOCCCC(CO)(CNC(=O)OC(C)(C)C)CC1CC1. The van der Waals surface area contributed by atoms with Crippen molar-refractivity contribution in [1.29, 1.82) is 0 Å². The molecule has 1 fully saturated rings. The Hall–Kier alpha value is -0.810. The van der Waals surface area contributed by atoms with E-state index in [9.17, 15) is 9.90 Å². The lowest BCUT2D eigenvalue weighted by molar-refractivity contribution is 0.0413. The molecule has 22 heavy (non-hydrogen) atoms. The van der Waals surface area contributed by atoms with Gasteiger partial charge in [-0.25, -0.2) is 4.79 Å². The second-order valence-corrected chi connectivity index (χ2v) is 7.46. The number of hydrogen-bond donors (Lipinski definition) is 2. The molecule has 1 amide bonds. The predicted molar refractivity (Wildman–Crippen MR) is 86.8 cm³/mol. The Kier molecular flexibility index (Phi) is 7.63. The molecule has 1 rings (SSSR count). The van der Waals surface area contributed by atoms with Gasteiger partial charge in [-0.3, -0.25) is 0 Å². The maximum absolute atomic E-state index is 11.9. The van der Waals surface area contributed by atoms with Gasteiger partial charge in [0.15, 0.2) is 0 Å². The summed E-state index contributed by atoms with van der Waals surface area (Å²) in [5.41, 5.74) is -0.757. The average molecular weight is 315 g/mol. The van der Waals surface area contributed by atoms with Crippen LogP contribution in [0.15, 0.2) is 0 Å². The van der Waals surface area contributed by atoms with Crippen LogP contribution in [0.1, 0.15) is 59.8 Å². The first-order valence-corrected chi connectivity index (χ1v) is 8.46. The standard InChI is InChI=1S/C17H33NO4/c1-5-21-10-6-9-17(13-19,11-14-7-8-14)12-18-15(20)22-16(2,3)4/h14,19H,5-13H2,1-4H3,(H,18,20). The van der Waals surface area contributed by atoms with Crippen LogP contribution in [0.5, 0.6) is 0 Å². The molecule has 0 aromatic carbocycles. The molecular weight excluding hydrogens is 282 g/mol. The number of aliphatic hydroxyl groups excluding tert-OH is 1. The molecule has 0 aliphatic heterocycles. The third kappa shape index (κ3) is 7.99. The molecule has 1 atom stereocenters. The maximum atomic E-state index is 11.9. The summed E-state index contributed by atoms with van der Waals surface area (Å²) >= 11 is 0. The van der Waals surface area contributed by atoms with Crippen molar-refractivity contribution < 1.29 is 19.4 Å². The van der Waals surface area contributed by atoms with Crippen molar-refractivity contribution in [2.75, 3.05) is 26.4 Å². The largest absolute Gasteiger partial charge is 0.444 e. The minimum absolute atomic E-state index is 0.0887. The summed E-state index contributed by atoms with van der Waals surface area (Å²) in [5, 5.41) is 12.8. The first kappa shape index (κ1) is 19.2. The van der Waals surface area contributed by atoms with E-state index >= 15 is 0 Å². The quantitative estimate of drug-likeness (QED) is 0.608. The molecule has 0 heterocycles. The Morgan fingerprint density at radius 3 is 2.50 bits per heavy atom. The number of ether oxygens (including phenoxy) is 2. The van der Waals surface area contributed by atoms with Crippen molar-refractivity contribution in [2.24, 2.45) is 11.3 Å². The van der Waals surface area contributed by atoms with Crippen LogP contribution in [0.4, 0.5) is 4.79 Å². The highest BCUT2D eigenvalue weighted by Crippen LogP contribution is 2.42. The molecule has 1 saturated carbocycles. The van der Waals surface area contributed by atoms with Crippen molar-refractivity contribution in [1.82, 2.24) is 5.32 Å². The lowest BCUT2D eigenvalue weighted by atomic mass is 9.79. The van der Waals surface area contributed by atoms with Crippen LogP contribution >= 0.6 is 0 Å². The second kappa shape index (κ2) is 8.73. The number of amides is 1. The summed E-state index contributed by atoms with van der Waals surface area (Å²) in [6.45, 7) is 9.48. The van der Waals surface area contributed by atoms with Crippen molar-refractivity contribution in [3.8, 4) is 0 Å². The summed E-state index contributed by atoms with van der Waals surface area (Å²) in [7, 11) is 0. The van der Waals surface area contributed by atoms with Gasteiger partial charge in [-0.15, -0.1) is 0 Å². The van der Waals surface area contributed by atoms with Gasteiger partial charge in [0.25, 0.3) is 0 Å². The molecule has 5 heteroatoms. The Morgan fingerprint density at radius 2 is 2.00 bits per heavy atom. The number of nitrogens with one attached hydrogen (secondary N) is 1. The van der Waals surface area contributed by atoms with Gasteiger partial charge in [0, 0.05) is 25.2 Å². The van der Waals surface area contributed by atoms with Gasteiger partial charge in [-0.2, -0.15) is 0 Å². The van der Waals surface area contributed by atoms with Crippen LogP contribution in [-0.2, 0) is 9.47 Å². The molecule has 1 unspecified atom stereocenters. The van der Waals surface area contributed by atoms with Crippen LogP contribution in [0.3, 0.4) is 0 Å². The summed E-state index contributed by atoms with van der Waals surface area (Å²) in [4.78, 5) is 11.9. The van der Waals surface area contributed by atoms with E-state index in [0.29, 0.717) is 25.7 Å². The van der Waals surface area contributed by atoms with Gasteiger partial charge in [0.1, 0.15) is 5.60 Å². The molecule has 0 spiro atoms. The fourth-order valence-electron chi connectivity index (χ4n) is 2.66. The number of hydrogen-bond acceptors (Lipinski definition) is 4. The fourth-order valence-corrected chi connectivity index (χ4v) is 2.66. The zero-order valence-corrected chi connectivity index (χ0v) is 14.6. The Morgan fingerprint density at radius 1 is 1.32 bits per heavy atom. The van der Waals surface area contributed by atoms with Crippen molar-refractivity contribution in [3.05, 3.63) is 0 Å². The third-order valence-corrected chi connectivity index (χ3v) is 3.96. The van der Waals surface area contributed by atoms with Crippen molar-refractivity contribution in [3.63, 3.8) is 0 Å². The number of rotatable bonds is 10. The molecule has 1 aliphatic carbocycles. The van der Waals surface area contributed by atoms with Crippen LogP contribution in [0.2, 0.25) is 0 Å². The number of aliphatic hydroxyl groups is 1. The fraction of sp³-hybridized carbons (Fsp3) is 0.941. The van der Waals surface area contributed by atoms with Crippen LogP contribution in [-0.4, -0.2) is 43.2 Å². The predicted octanol–water partition coefficient (Wildman–Crippen LogP) is 3.11. The van der Waals surface area contributed by atoms with Gasteiger partial charge in [0.2, 0.25) is 0 Å². The highest BCUT2D eigenvalue weighted by atomic mass is 16.6. The van der Waals surface area contributed by atoms with E-state index in [-0.39, 0.29) is 12.0 Å². The van der Waals surface area contributed by atoms with E-state index in [1.807, 2.05) is 27.7 Å². The summed E-state index contributed by atoms with van der Waals surface area (Å²) in [5.74, 6) is 0.694. The molecule has 0 saturated heterocycles. The third-order valence-electron chi connectivity index (χ3n) is 3.96. The van der Waals surface area contributed by atoms with E-state index in [4.69, 9.17) is 9.47 Å². The smallest absolute Gasteiger partial charge is 0.407 e. The molecule has 5 nitrogen and oxygen atoms in total. The maximum Gasteiger partial charge on any atom is 0.407 e. The van der Waals surface area contributed by atoms with E-state index in [1.54, 1.807) is 0 Å². The Balaban J connectivity index is 2.50. The van der Waals surface area contributed by atoms with Gasteiger partial charge >= 0.3 is 6.09 Å². The summed E-state index contributed by atoms with van der Waals surface area (Å²) < 4.78 is 10.7. The van der Waals surface area contributed by atoms with Crippen molar-refractivity contribution in [2.45, 2.75) is 65.4 Å². The molecule has 0 bridgehead atoms. The van der Waals surface area contributed by atoms with Gasteiger partial charge in [-0.05, 0) is 52.9 Å². The first-order chi connectivity index (χ1) is 10.3. The summed E-state index contributed by atoms with van der Waals surface area (Å²) in [6.07, 6.45) is 4.78. The zero-order chi connectivity index (χ0) is 16.6. The second-order valence-electron chi connectivity index (χ2n) is 7.46. The molecule has 0 aromatic rings. The van der Waals surface area contributed by atoms with Gasteiger partial charge in [-0.1, -0.05) is 12.8 Å². The summed E-state index contributed by atoms with van der Waals surface area (Å²) in [6, 6.07) is 0. The normalized spacial score (nSPS) is 17.9. The minimum atomic E-state index is -0.503. The molecule has 2 N–H and O–H groups in total. The van der Waals surface area contributed by atoms with Crippen LogP contribution < -0.4 is 5.32 Å². The molecule has 0 radical (unpaired) electrons. The van der Waals surface area contributed by atoms with E-state index in [2.05, 4.69) is 5.32 Å². The lowest BCUT2D eigenvalue weighted by Crippen LogP contribution is -2.42. The van der Waals surface area contributed by atoms with Crippen molar-refractivity contribution >= 4 is 6.09 Å². The van der Waals surface area contributed by atoms with Gasteiger partial charge < -0.3 is 19.9 Å². The minimum Gasteiger partial charge on any atom is -0.444 e. The average Bonchev–Trinajstić information content (AvgIpc) is 3.23. The number of carbonyl (C=O) groups excluding carboxylic acids is 1. The number of carbonyl (C=O) groups is 1. The monoisotopic (exact) mass is 315 g/mol. The van der Waals surface area contributed by atoms with Gasteiger partial charge in [0.05, 0.1) is 6.61 Å². The Bertz CT molecular complexity index is 336. The lowest BCUT2D eigenvalue weighted by Gasteiger charge is -2.33. The highest BCUT2D eigenvalue weighted by Gasteiger charge is 2.37. The molecule has 0 aromatic heterocycles. The zero-order valence-electron chi connectivity index (χ0n) is 14.6. The molecule has 1 aliphatic rings. The molecular formula is C17H33NO4. The van der Waals surface area contributed by atoms with E-state index < -0.39 is 11.7 Å². The molecule has 130 valence electrons. The van der Waals surface area contributed by atoms with E-state index in [0.717, 1.165) is 19.3 Å². The highest BCUT2D eigenvalue weighted by molar-refractivity contribution is 5.67. The first-order valence-electron chi connectivity index (χ1n) is 8.46. The topological polar surface area (TPSA) is 67.8 Å². The van der Waals surface area contributed by atoms with E-state index in [1.165, 1.54) is 12.8 Å². The van der Waals surface area contributed by atoms with Crippen LogP contribution in [0, 0.1) is 11.3 Å². The Labute approximate surface area is 134 Å². The number of alkyl carbamates (subject to hydrolysis) is 1.